The smallest absolute Gasteiger partial charge is 0.248 e. The molecule has 1 fully saturated rings. The number of hydrogen-bond acceptors (Lipinski definition) is 2. The Hall–Kier alpha value is -1.07. The van der Waals surface area contributed by atoms with Gasteiger partial charge in [0.15, 0.2) is 0 Å². The van der Waals surface area contributed by atoms with Gasteiger partial charge in [-0.05, 0) is 36.5 Å². The first-order valence-corrected chi connectivity index (χ1v) is 6.94. The fourth-order valence-electron chi connectivity index (χ4n) is 2.94. The summed E-state index contributed by atoms with van der Waals surface area (Å²) in [4.78, 5) is 0. The SMILES string of the molecule is NCC(c1cccc(F)c1)C(O)C1CCC(F)(F)CC1. The average Bonchev–Trinajstić information content (AvgIpc) is 2.39. The molecule has 3 N–H and O–H groups in total. The summed E-state index contributed by atoms with van der Waals surface area (Å²) in [5.74, 6) is -3.62. The van der Waals surface area contributed by atoms with Crippen molar-refractivity contribution < 1.29 is 18.3 Å². The summed E-state index contributed by atoms with van der Waals surface area (Å²) in [7, 11) is 0. The molecule has 0 aliphatic heterocycles. The van der Waals surface area contributed by atoms with E-state index in [4.69, 9.17) is 5.73 Å². The number of halogens is 3. The van der Waals surface area contributed by atoms with Gasteiger partial charge in [0.2, 0.25) is 5.92 Å². The van der Waals surface area contributed by atoms with Gasteiger partial charge in [0.05, 0.1) is 6.10 Å². The van der Waals surface area contributed by atoms with Crippen molar-refractivity contribution in [1.82, 2.24) is 0 Å². The minimum absolute atomic E-state index is 0.164. The molecular weight excluding hydrogens is 267 g/mol. The van der Waals surface area contributed by atoms with Crippen LogP contribution in [0.2, 0.25) is 0 Å². The first-order chi connectivity index (χ1) is 9.43. The Labute approximate surface area is 116 Å². The van der Waals surface area contributed by atoms with Gasteiger partial charge in [-0.2, -0.15) is 0 Å². The molecule has 0 aromatic heterocycles. The first-order valence-electron chi connectivity index (χ1n) is 6.94. The van der Waals surface area contributed by atoms with Crippen molar-refractivity contribution in [3.63, 3.8) is 0 Å². The van der Waals surface area contributed by atoms with Crippen LogP contribution in [0.4, 0.5) is 13.2 Å². The van der Waals surface area contributed by atoms with E-state index in [0.717, 1.165) is 0 Å². The molecule has 0 radical (unpaired) electrons. The maximum absolute atomic E-state index is 13.2. The Morgan fingerprint density at radius 1 is 1.30 bits per heavy atom. The lowest BCUT2D eigenvalue weighted by molar-refractivity contribution is -0.0651. The Balaban J connectivity index is 2.08. The summed E-state index contributed by atoms with van der Waals surface area (Å²) in [6, 6.07) is 5.94. The molecule has 2 atom stereocenters. The predicted molar refractivity (Wildman–Crippen MR) is 71.1 cm³/mol. The maximum Gasteiger partial charge on any atom is 0.248 e. The molecule has 0 amide bonds. The van der Waals surface area contributed by atoms with Gasteiger partial charge in [-0.1, -0.05) is 12.1 Å². The molecule has 0 spiro atoms. The normalized spacial score (nSPS) is 22.4. The highest BCUT2D eigenvalue weighted by molar-refractivity contribution is 5.22. The van der Waals surface area contributed by atoms with Gasteiger partial charge in [0, 0.05) is 25.3 Å². The van der Waals surface area contributed by atoms with E-state index < -0.39 is 17.9 Å². The van der Waals surface area contributed by atoms with Crippen molar-refractivity contribution in [1.29, 1.82) is 0 Å². The topological polar surface area (TPSA) is 46.2 Å². The van der Waals surface area contributed by atoms with E-state index >= 15 is 0 Å². The number of benzene rings is 1. The minimum Gasteiger partial charge on any atom is -0.392 e. The van der Waals surface area contributed by atoms with Crippen LogP contribution in [0, 0.1) is 11.7 Å². The number of alkyl halides is 2. The standard InChI is InChI=1S/C15H20F3NO/c16-12-3-1-2-11(8-12)13(9-19)14(20)10-4-6-15(17,18)7-5-10/h1-3,8,10,13-14,20H,4-7,9,19H2. The van der Waals surface area contributed by atoms with Gasteiger partial charge in [-0.25, -0.2) is 13.2 Å². The third-order valence-corrected chi connectivity index (χ3v) is 4.19. The van der Waals surface area contributed by atoms with Gasteiger partial charge < -0.3 is 10.8 Å². The molecule has 1 aromatic rings. The van der Waals surface area contributed by atoms with Crippen LogP contribution in [0.3, 0.4) is 0 Å². The van der Waals surface area contributed by atoms with Crippen molar-refractivity contribution in [2.45, 2.75) is 43.6 Å². The molecule has 20 heavy (non-hydrogen) atoms. The van der Waals surface area contributed by atoms with Crippen molar-refractivity contribution in [3.8, 4) is 0 Å². The van der Waals surface area contributed by atoms with Crippen LogP contribution in [0.1, 0.15) is 37.2 Å². The number of aliphatic hydroxyl groups is 1. The van der Waals surface area contributed by atoms with Crippen LogP contribution in [-0.4, -0.2) is 23.7 Å². The summed E-state index contributed by atoms with van der Waals surface area (Å²) in [6.45, 7) is 0.164. The Kier molecular flexibility index (Phi) is 4.70. The van der Waals surface area contributed by atoms with Crippen LogP contribution in [0.15, 0.2) is 24.3 Å². The van der Waals surface area contributed by atoms with Crippen molar-refractivity contribution >= 4 is 0 Å². The van der Waals surface area contributed by atoms with E-state index in [-0.39, 0.29) is 44.0 Å². The molecule has 1 aliphatic carbocycles. The summed E-state index contributed by atoms with van der Waals surface area (Å²) in [6.07, 6.45) is -0.650. The number of hydrogen-bond donors (Lipinski definition) is 2. The second-order valence-corrected chi connectivity index (χ2v) is 5.58. The molecule has 0 bridgehead atoms. The van der Waals surface area contributed by atoms with E-state index in [2.05, 4.69) is 0 Å². The predicted octanol–water partition coefficient (Wildman–Crippen LogP) is 3.05. The zero-order valence-corrected chi connectivity index (χ0v) is 11.2. The van der Waals surface area contributed by atoms with Gasteiger partial charge >= 0.3 is 0 Å². The zero-order chi connectivity index (χ0) is 14.8. The molecule has 2 nitrogen and oxygen atoms in total. The second kappa shape index (κ2) is 6.14. The summed E-state index contributed by atoms with van der Waals surface area (Å²) in [5.41, 5.74) is 6.31. The highest BCUT2D eigenvalue weighted by atomic mass is 19.3. The molecule has 112 valence electrons. The molecule has 1 saturated carbocycles. The summed E-state index contributed by atoms with van der Waals surface area (Å²) < 4.78 is 39.5. The molecule has 2 rings (SSSR count). The monoisotopic (exact) mass is 287 g/mol. The Bertz CT molecular complexity index is 442. The van der Waals surface area contributed by atoms with Crippen molar-refractivity contribution in [3.05, 3.63) is 35.6 Å². The average molecular weight is 287 g/mol. The lowest BCUT2D eigenvalue weighted by Gasteiger charge is -2.34. The molecule has 5 heteroatoms. The van der Waals surface area contributed by atoms with Gasteiger partial charge in [0.25, 0.3) is 0 Å². The van der Waals surface area contributed by atoms with E-state index in [0.29, 0.717) is 5.56 Å². The Morgan fingerprint density at radius 3 is 2.50 bits per heavy atom. The van der Waals surface area contributed by atoms with Crippen molar-refractivity contribution in [2.24, 2.45) is 11.7 Å². The Morgan fingerprint density at radius 2 is 1.95 bits per heavy atom. The highest BCUT2D eigenvalue weighted by Crippen LogP contribution is 2.40. The zero-order valence-electron chi connectivity index (χ0n) is 11.2. The minimum atomic E-state index is -2.62. The highest BCUT2D eigenvalue weighted by Gasteiger charge is 2.39. The van der Waals surface area contributed by atoms with Crippen LogP contribution >= 0.6 is 0 Å². The largest absolute Gasteiger partial charge is 0.392 e. The van der Waals surface area contributed by atoms with E-state index in [1.807, 2.05) is 0 Å². The second-order valence-electron chi connectivity index (χ2n) is 5.58. The van der Waals surface area contributed by atoms with Gasteiger partial charge in [0.1, 0.15) is 5.82 Å². The number of nitrogens with two attached hydrogens (primary N) is 1. The fourth-order valence-corrected chi connectivity index (χ4v) is 2.94. The molecular formula is C15H20F3NO. The van der Waals surface area contributed by atoms with E-state index in [1.165, 1.54) is 12.1 Å². The van der Waals surface area contributed by atoms with Gasteiger partial charge in [-0.15, -0.1) is 0 Å². The number of rotatable bonds is 4. The van der Waals surface area contributed by atoms with Crippen molar-refractivity contribution in [2.75, 3.05) is 6.54 Å². The van der Waals surface area contributed by atoms with Crippen LogP contribution in [-0.2, 0) is 0 Å². The third kappa shape index (κ3) is 3.52. The van der Waals surface area contributed by atoms with E-state index in [9.17, 15) is 18.3 Å². The van der Waals surface area contributed by atoms with Crippen LogP contribution < -0.4 is 5.73 Å². The lowest BCUT2D eigenvalue weighted by atomic mass is 9.77. The molecule has 0 heterocycles. The molecule has 1 aliphatic rings. The third-order valence-electron chi connectivity index (χ3n) is 4.19. The summed E-state index contributed by atoms with van der Waals surface area (Å²) >= 11 is 0. The number of aliphatic hydroxyl groups excluding tert-OH is 1. The lowest BCUT2D eigenvalue weighted by Crippen LogP contribution is -2.37. The first kappa shape index (κ1) is 15.3. The summed E-state index contributed by atoms with van der Waals surface area (Å²) in [5, 5.41) is 10.4. The molecule has 1 aromatic carbocycles. The van der Waals surface area contributed by atoms with E-state index in [1.54, 1.807) is 12.1 Å². The van der Waals surface area contributed by atoms with Crippen LogP contribution in [0.5, 0.6) is 0 Å². The molecule has 2 unspecified atom stereocenters. The fraction of sp³-hybridized carbons (Fsp3) is 0.600. The van der Waals surface area contributed by atoms with Gasteiger partial charge in [-0.3, -0.25) is 0 Å². The quantitative estimate of drug-likeness (QED) is 0.894. The van der Waals surface area contributed by atoms with Crippen LogP contribution in [0.25, 0.3) is 0 Å². The maximum atomic E-state index is 13.2. The molecule has 0 saturated heterocycles.